The fraction of sp³-hybridized carbons (Fsp3) is 0.500. The summed E-state index contributed by atoms with van der Waals surface area (Å²) in [7, 11) is 0. The standard InChI is InChI=1S/C8H10N2O2S/c11-10(12)8-2-1-7(13-8)3-6-4-9-5-6/h1-2,6,9H,3-5H2. The summed E-state index contributed by atoms with van der Waals surface area (Å²) in [4.78, 5) is 11.2. The smallest absolute Gasteiger partial charge is 0.316 e. The number of hydrogen-bond acceptors (Lipinski definition) is 4. The van der Waals surface area contributed by atoms with Crippen LogP contribution in [0.25, 0.3) is 0 Å². The number of thiophene rings is 1. The molecule has 0 saturated carbocycles. The Hall–Kier alpha value is -0.940. The van der Waals surface area contributed by atoms with Crippen LogP contribution in [0.5, 0.6) is 0 Å². The van der Waals surface area contributed by atoms with Gasteiger partial charge in [-0.15, -0.1) is 0 Å². The van der Waals surface area contributed by atoms with E-state index in [1.165, 1.54) is 11.3 Å². The van der Waals surface area contributed by atoms with Gasteiger partial charge in [0.05, 0.1) is 4.92 Å². The molecule has 0 amide bonds. The van der Waals surface area contributed by atoms with E-state index in [2.05, 4.69) is 5.32 Å². The SMILES string of the molecule is O=[N+]([O-])c1ccc(CC2CNC2)s1. The second-order valence-electron chi connectivity index (χ2n) is 3.23. The predicted octanol–water partition coefficient (Wildman–Crippen LogP) is 1.42. The first-order chi connectivity index (χ1) is 6.25. The molecule has 0 bridgehead atoms. The molecular weight excluding hydrogens is 188 g/mol. The van der Waals surface area contributed by atoms with Crippen molar-refractivity contribution in [1.29, 1.82) is 0 Å². The van der Waals surface area contributed by atoms with Gasteiger partial charge < -0.3 is 5.32 Å². The molecule has 1 fully saturated rings. The zero-order valence-corrected chi connectivity index (χ0v) is 7.84. The Morgan fingerprint density at radius 1 is 1.62 bits per heavy atom. The predicted molar refractivity (Wildman–Crippen MR) is 51.0 cm³/mol. The molecule has 0 aromatic carbocycles. The highest BCUT2D eigenvalue weighted by atomic mass is 32.1. The summed E-state index contributed by atoms with van der Waals surface area (Å²) >= 11 is 1.29. The van der Waals surface area contributed by atoms with Crippen LogP contribution in [-0.2, 0) is 6.42 Å². The van der Waals surface area contributed by atoms with Crippen molar-refractivity contribution in [2.24, 2.45) is 5.92 Å². The largest absolute Gasteiger partial charge is 0.324 e. The Balaban J connectivity index is 2.00. The Labute approximate surface area is 79.7 Å². The second-order valence-corrected chi connectivity index (χ2v) is 4.37. The third-order valence-corrected chi connectivity index (χ3v) is 3.24. The van der Waals surface area contributed by atoms with E-state index in [-0.39, 0.29) is 9.92 Å². The van der Waals surface area contributed by atoms with Gasteiger partial charge in [0, 0.05) is 10.9 Å². The number of nitrogens with one attached hydrogen (secondary N) is 1. The first-order valence-electron chi connectivity index (χ1n) is 4.19. The van der Waals surface area contributed by atoms with E-state index in [1.807, 2.05) is 6.07 Å². The van der Waals surface area contributed by atoms with Crippen LogP contribution in [-0.4, -0.2) is 18.0 Å². The number of hydrogen-bond donors (Lipinski definition) is 1. The molecular formula is C8H10N2O2S. The molecule has 0 aliphatic carbocycles. The quantitative estimate of drug-likeness (QED) is 0.590. The number of nitrogens with zero attached hydrogens (tertiary/aromatic N) is 1. The van der Waals surface area contributed by atoms with Crippen molar-refractivity contribution < 1.29 is 4.92 Å². The number of rotatable bonds is 3. The molecule has 1 N–H and O–H groups in total. The second kappa shape index (κ2) is 3.43. The van der Waals surface area contributed by atoms with Crippen LogP contribution in [0.3, 0.4) is 0 Å². The van der Waals surface area contributed by atoms with Gasteiger partial charge in [0.1, 0.15) is 0 Å². The van der Waals surface area contributed by atoms with E-state index in [0.717, 1.165) is 24.4 Å². The van der Waals surface area contributed by atoms with Gasteiger partial charge in [-0.3, -0.25) is 10.1 Å². The highest BCUT2D eigenvalue weighted by molar-refractivity contribution is 7.15. The van der Waals surface area contributed by atoms with Gasteiger partial charge in [-0.25, -0.2) is 0 Å². The minimum atomic E-state index is -0.326. The minimum Gasteiger partial charge on any atom is -0.316 e. The van der Waals surface area contributed by atoms with Crippen LogP contribution in [0.4, 0.5) is 5.00 Å². The van der Waals surface area contributed by atoms with Gasteiger partial charge in [-0.2, -0.15) is 0 Å². The van der Waals surface area contributed by atoms with Gasteiger partial charge in [0.25, 0.3) is 0 Å². The summed E-state index contributed by atoms with van der Waals surface area (Å²) in [5, 5.41) is 13.8. The maximum atomic E-state index is 10.4. The van der Waals surface area contributed by atoms with Gasteiger partial charge in [0.2, 0.25) is 0 Å². The minimum absolute atomic E-state index is 0.252. The van der Waals surface area contributed by atoms with Crippen LogP contribution in [0.15, 0.2) is 12.1 Å². The molecule has 1 aliphatic rings. The summed E-state index contributed by atoms with van der Waals surface area (Å²) in [5.74, 6) is 0.679. The molecule has 1 aromatic heterocycles. The first-order valence-corrected chi connectivity index (χ1v) is 5.01. The maximum absolute atomic E-state index is 10.4. The summed E-state index contributed by atoms with van der Waals surface area (Å²) in [6.07, 6.45) is 0.978. The monoisotopic (exact) mass is 198 g/mol. The maximum Gasteiger partial charge on any atom is 0.324 e. The molecule has 13 heavy (non-hydrogen) atoms. The van der Waals surface area contributed by atoms with Crippen molar-refractivity contribution >= 4 is 16.3 Å². The van der Waals surface area contributed by atoms with Crippen LogP contribution in [0, 0.1) is 16.0 Å². The molecule has 1 aromatic rings. The summed E-state index contributed by atoms with van der Waals surface area (Å²) in [5.41, 5.74) is 0. The van der Waals surface area contributed by atoms with E-state index in [0.29, 0.717) is 5.92 Å². The van der Waals surface area contributed by atoms with Gasteiger partial charge in [0.15, 0.2) is 0 Å². The van der Waals surface area contributed by atoms with E-state index in [4.69, 9.17) is 0 Å². The van der Waals surface area contributed by atoms with Crippen molar-refractivity contribution in [3.05, 3.63) is 27.1 Å². The average Bonchev–Trinajstić information content (AvgIpc) is 2.44. The molecule has 4 nitrogen and oxygen atoms in total. The third-order valence-electron chi connectivity index (χ3n) is 2.18. The lowest BCUT2D eigenvalue weighted by Crippen LogP contribution is -2.42. The molecule has 1 saturated heterocycles. The molecule has 0 spiro atoms. The molecule has 5 heteroatoms. The fourth-order valence-electron chi connectivity index (χ4n) is 1.35. The Bertz CT molecular complexity index is 320. The lowest BCUT2D eigenvalue weighted by atomic mass is 9.99. The highest BCUT2D eigenvalue weighted by Gasteiger charge is 2.19. The van der Waals surface area contributed by atoms with Gasteiger partial charge >= 0.3 is 5.00 Å². The zero-order chi connectivity index (χ0) is 9.26. The molecule has 0 radical (unpaired) electrons. The van der Waals surface area contributed by atoms with Gasteiger partial charge in [-0.1, -0.05) is 11.3 Å². The number of nitro groups is 1. The molecule has 2 rings (SSSR count). The van der Waals surface area contributed by atoms with Crippen molar-refractivity contribution in [3.8, 4) is 0 Å². The van der Waals surface area contributed by atoms with E-state index < -0.39 is 0 Å². The molecule has 2 heterocycles. The zero-order valence-electron chi connectivity index (χ0n) is 7.03. The van der Waals surface area contributed by atoms with Gasteiger partial charge in [-0.05, 0) is 31.5 Å². The third kappa shape index (κ3) is 1.87. The van der Waals surface area contributed by atoms with Crippen molar-refractivity contribution in [3.63, 3.8) is 0 Å². The van der Waals surface area contributed by atoms with Crippen molar-refractivity contribution in [1.82, 2.24) is 5.32 Å². The van der Waals surface area contributed by atoms with Crippen molar-refractivity contribution in [2.45, 2.75) is 6.42 Å². The Morgan fingerprint density at radius 3 is 2.85 bits per heavy atom. The normalized spacial score (nSPS) is 16.9. The first kappa shape index (κ1) is 8.65. The summed E-state index contributed by atoms with van der Waals surface area (Å²) in [6, 6.07) is 3.45. The van der Waals surface area contributed by atoms with E-state index >= 15 is 0 Å². The average molecular weight is 198 g/mol. The molecule has 1 aliphatic heterocycles. The van der Waals surface area contributed by atoms with E-state index in [1.54, 1.807) is 6.07 Å². The topological polar surface area (TPSA) is 55.2 Å². The Morgan fingerprint density at radius 2 is 2.38 bits per heavy atom. The lowest BCUT2D eigenvalue weighted by molar-refractivity contribution is -0.380. The summed E-state index contributed by atoms with van der Waals surface area (Å²) < 4.78 is 0. The Kier molecular flexibility index (Phi) is 2.28. The molecule has 0 unspecified atom stereocenters. The van der Waals surface area contributed by atoms with Crippen LogP contribution < -0.4 is 5.32 Å². The highest BCUT2D eigenvalue weighted by Crippen LogP contribution is 2.26. The fourth-order valence-corrected chi connectivity index (χ4v) is 2.29. The van der Waals surface area contributed by atoms with Crippen LogP contribution in [0.2, 0.25) is 0 Å². The van der Waals surface area contributed by atoms with Crippen LogP contribution in [0.1, 0.15) is 4.88 Å². The molecule has 0 atom stereocenters. The lowest BCUT2D eigenvalue weighted by Gasteiger charge is -2.26. The molecule has 70 valence electrons. The van der Waals surface area contributed by atoms with E-state index in [9.17, 15) is 10.1 Å². The summed E-state index contributed by atoms with van der Waals surface area (Å²) in [6.45, 7) is 2.09. The van der Waals surface area contributed by atoms with Crippen molar-refractivity contribution in [2.75, 3.05) is 13.1 Å². The van der Waals surface area contributed by atoms with Crippen LogP contribution >= 0.6 is 11.3 Å².